The van der Waals surface area contributed by atoms with E-state index in [9.17, 15) is 14.4 Å². The number of hydrogen-bond donors (Lipinski definition) is 2. The van der Waals surface area contributed by atoms with Crippen molar-refractivity contribution >= 4 is 23.4 Å². The standard InChI is InChI=1S/C15H18N2O3/c1-10(18)16-12-6-3-5-11(9-12)15(2)8-4-7-13(19)17-14(15)20/h3,5-6,9H,4,7-8H2,1-2H3,(H,16,18)(H,17,19,20). The molecule has 0 aliphatic carbocycles. The normalized spacial score (nSPS) is 22.9. The Labute approximate surface area is 117 Å². The molecule has 20 heavy (non-hydrogen) atoms. The lowest BCUT2D eigenvalue weighted by Gasteiger charge is -2.26. The summed E-state index contributed by atoms with van der Waals surface area (Å²) < 4.78 is 0. The molecule has 1 heterocycles. The Bertz CT molecular complexity index is 568. The van der Waals surface area contributed by atoms with Crippen molar-refractivity contribution in [3.05, 3.63) is 29.8 Å². The molecule has 1 aliphatic heterocycles. The Morgan fingerprint density at radius 2 is 2.10 bits per heavy atom. The Morgan fingerprint density at radius 1 is 1.35 bits per heavy atom. The fraction of sp³-hybridized carbons (Fsp3) is 0.400. The molecule has 2 N–H and O–H groups in total. The van der Waals surface area contributed by atoms with Crippen LogP contribution in [0.3, 0.4) is 0 Å². The van der Waals surface area contributed by atoms with Gasteiger partial charge < -0.3 is 5.32 Å². The van der Waals surface area contributed by atoms with Gasteiger partial charge in [-0.05, 0) is 37.5 Å². The quantitative estimate of drug-likeness (QED) is 0.806. The van der Waals surface area contributed by atoms with Crippen LogP contribution >= 0.6 is 0 Å². The molecule has 5 nitrogen and oxygen atoms in total. The minimum absolute atomic E-state index is 0.159. The third-order valence-corrected chi connectivity index (χ3v) is 3.65. The van der Waals surface area contributed by atoms with E-state index in [1.54, 1.807) is 18.2 Å². The van der Waals surface area contributed by atoms with Crippen molar-refractivity contribution in [1.29, 1.82) is 0 Å². The van der Waals surface area contributed by atoms with Gasteiger partial charge >= 0.3 is 0 Å². The van der Waals surface area contributed by atoms with Crippen LogP contribution in [0.1, 0.15) is 38.7 Å². The molecule has 106 valence electrons. The van der Waals surface area contributed by atoms with Crippen molar-refractivity contribution < 1.29 is 14.4 Å². The summed E-state index contributed by atoms with van der Waals surface area (Å²) in [4.78, 5) is 34.8. The summed E-state index contributed by atoms with van der Waals surface area (Å²) in [7, 11) is 0. The molecule has 1 unspecified atom stereocenters. The molecule has 1 aliphatic rings. The molecule has 2 rings (SSSR count). The van der Waals surface area contributed by atoms with Gasteiger partial charge in [0.15, 0.2) is 0 Å². The van der Waals surface area contributed by atoms with Crippen LogP contribution in [0.15, 0.2) is 24.3 Å². The predicted octanol–water partition coefficient (Wildman–Crippen LogP) is 1.73. The number of anilines is 1. The first-order valence-corrected chi connectivity index (χ1v) is 6.64. The number of nitrogens with one attached hydrogen (secondary N) is 2. The molecule has 1 fully saturated rings. The van der Waals surface area contributed by atoms with Crippen molar-refractivity contribution in [2.24, 2.45) is 0 Å². The number of carbonyl (C=O) groups is 3. The number of imide groups is 1. The summed E-state index contributed by atoms with van der Waals surface area (Å²) in [6, 6.07) is 7.21. The second-order valence-corrected chi connectivity index (χ2v) is 5.32. The van der Waals surface area contributed by atoms with Crippen molar-refractivity contribution in [2.45, 2.75) is 38.5 Å². The van der Waals surface area contributed by atoms with Crippen molar-refractivity contribution in [3.8, 4) is 0 Å². The van der Waals surface area contributed by atoms with E-state index in [0.717, 1.165) is 5.56 Å². The largest absolute Gasteiger partial charge is 0.326 e. The Kier molecular flexibility index (Phi) is 3.88. The lowest BCUT2D eigenvalue weighted by Crippen LogP contribution is -2.42. The minimum atomic E-state index is -0.749. The van der Waals surface area contributed by atoms with E-state index in [0.29, 0.717) is 24.9 Å². The minimum Gasteiger partial charge on any atom is -0.326 e. The zero-order valence-electron chi connectivity index (χ0n) is 11.7. The van der Waals surface area contributed by atoms with Gasteiger partial charge in [0.2, 0.25) is 17.7 Å². The molecule has 1 aromatic carbocycles. The van der Waals surface area contributed by atoms with Crippen molar-refractivity contribution in [2.75, 3.05) is 5.32 Å². The number of carbonyl (C=O) groups excluding carboxylic acids is 3. The highest BCUT2D eigenvalue weighted by atomic mass is 16.2. The average Bonchev–Trinajstić information content (AvgIpc) is 2.49. The number of amides is 3. The molecular weight excluding hydrogens is 256 g/mol. The van der Waals surface area contributed by atoms with Crippen LogP contribution in [0.25, 0.3) is 0 Å². The van der Waals surface area contributed by atoms with E-state index in [1.165, 1.54) is 6.92 Å². The predicted molar refractivity (Wildman–Crippen MR) is 75.1 cm³/mol. The fourth-order valence-corrected chi connectivity index (χ4v) is 2.46. The van der Waals surface area contributed by atoms with Gasteiger partial charge in [0, 0.05) is 19.0 Å². The van der Waals surface area contributed by atoms with Crippen LogP contribution < -0.4 is 10.6 Å². The SMILES string of the molecule is CC(=O)Nc1cccc(C2(C)CCCC(=O)NC2=O)c1. The monoisotopic (exact) mass is 274 g/mol. The summed E-state index contributed by atoms with van der Waals surface area (Å²) in [5, 5.41) is 5.13. The van der Waals surface area contributed by atoms with Gasteiger partial charge in [-0.2, -0.15) is 0 Å². The maximum Gasteiger partial charge on any atom is 0.236 e. The van der Waals surface area contributed by atoms with Gasteiger partial charge in [0.1, 0.15) is 0 Å². The van der Waals surface area contributed by atoms with Crippen LogP contribution in [0, 0.1) is 0 Å². The van der Waals surface area contributed by atoms with Crippen molar-refractivity contribution in [1.82, 2.24) is 5.32 Å². The van der Waals surface area contributed by atoms with Crippen LogP contribution in [0.2, 0.25) is 0 Å². The van der Waals surface area contributed by atoms with E-state index >= 15 is 0 Å². The number of rotatable bonds is 2. The molecule has 0 bridgehead atoms. The highest BCUT2D eigenvalue weighted by Crippen LogP contribution is 2.33. The van der Waals surface area contributed by atoms with E-state index in [4.69, 9.17) is 0 Å². The van der Waals surface area contributed by atoms with E-state index in [-0.39, 0.29) is 17.7 Å². The van der Waals surface area contributed by atoms with Gasteiger partial charge in [0.25, 0.3) is 0 Å². The topological polar surface area (TPSA) is 75.3 Å². The van der Waals surface area contributed by atoms with E-state index < -0.39 is 5.41 Å². The van der Waals surface area contributed by atoms with Gasteiger partial charge in [0.05, 0.1) is 5.41 Å². The van der Waals surface area contributed by atoms with Crippen LogP contribution in [0.4, 0.5) is 5.69 Å². The van der Waals surface area contributed by atoms with E-state index in [1.807, 2.05) is 13.0 Å². The molecular formula is C15H18N2O3. The molecule has 5 heteroatoms. The summed E-state index contributed by atoms with van der Waals surface area (Å²) in [6.45, 7) is 3.26. The smallest absolute Gasteiger partial charge is 0.236 e. The summed E-state index contributed by atoms with van der Waals surface area (Å²) in [5.74, 6) is -0.662. The summed E-state index contributed by atoms with van der Waals surface area (Å²) in [5.41, 5.74) is 0.705. The van der Waals surface area contributed by atoms with E-state index in [2.05, 4.69) is 10.6 Å². The molecule has 1 aromatic rings. The third kappa shape index (κ3) is 2.87. The molecule has 0 spiro atoms. The fourth-order valence-electron chi connectivity index (χ4n) is 2.46. The zero-order valence-corrected chi connectivity index (χ0v) is 11.7. The van der Waals surface area contributed by atoms with Gasteiger partial charge in [-0.25, -0.2) is 0 Å². The zero-order chi connectivity index (χ0) is 14.8. The first-order chi connectivity index (χ1) is 9.41. The summed E-state index contributed by atoms with van der Waals surface area (Å²) in [6.07, 6.45) is 1.64. The first kappa shape index (κ1) is 14.2. The molecule has 1 atom stereocenters. The molecule has 0 aromatic heterocycles. The Hall–Kier alpha value is -2.17. The molecule has 0 saturated carbocycles. The maximum absolute atomic E-state index is 12.3. The number of benzene rings is 1. The maximum atomic E-state index is 12.3. The molecule has 1 saturated heterocycles. The van der Waals surface area contributed by atoms with Crippen LogP contribution in [0.5, 0.6) is 0 Å². The molecule has 3 amide bonds. The molecule has 0 radical (unpaired) electrons. The van der Waals surface area contributed by atoms with Gasteiger partial charge in [-0.1, -0.05) is 12.1 Å². The summed E-state index contributed by atoms with van der Waals surface area (Å²) >= 11 is 0. The second-order valence-electron chi connectivity index (χ2n) is 5.32. The second kappa shape index (κ2) is 5.45. The third-order valence-electron chi connectivity index (χ3n) is 3.65. The Balaban J connectivity index is 2.35. The highest BCUT2D eigenvalue weighted by Gasteiger charge is 2.37. The first-order valence-electron chi connectivity index (χ1n) is 6.64. The lowest BCUT2D eigenvalue weighted by atomic mass is 9.78. The average molecular weight is 274 g/mol. The highest BCUT2D eigenvalue weighted by molar-refractivity contribution is 6.01. The van der Waals surface area contributed by atoms with Crippen molar-refractivity contribution in [3.63, 3.8) is 0 Å². The lowest BCUT2D eigenvalue weighted by molar-refractivity contribution is -0.132. The number of hydrogen-bond acceptors (Lipinski definition) is 3. The van der Waals surface area contributed by atoms with Gasteiger partial charge in [-0.3, -0.25) is 19.7 Å². The van der Waals surface area contributed by atoms with Gasteiger partial charge in [-0.15, -0.1) is 0 Å². The van der Waals surface area contributed by atoms with Crippen LogP contribution in [-0.2, 0) is 19.8 Å². The van der Waals surface area contributed by atoms with Crippen LogP contribution in [-0.4, -0.2) is 17.7 Å². The Morgan fingerprint density at radius 3 is 2.80 bits per heavy atom.